The van der Waals surface area contributed by atoms with Crippen molar-refractivity contribution in [3.63, 3.8) is 0 Å². The van der Waals surface area contributed by atoms with Gasteiger partial charge in [0.25, 0.3) is 5.91 Å². The molecule has 0 aliphatic rings. The van der Waals surface area contributed by atoms with Gasteiger partial charge in [-0.25, -0.2) is 4.39 Å². The summed E-state index contributed by atoms with van der Waals surface area (Å²) in [4.78, 5) is 13.8. The zero-order valence-electron chi connectivity index (χ0n) is 11.8. The number of amides is 1. The number of nitrogens with zero attached hydrogens (tertiary/aromatic N) is 1. The summed E-state index contributed by atoms with van der Waals surface area (Å²) in [5.74, 6) is -0.402. The van der Waals surface area contributed by atoms with E-state index in [9.17, 15) is 14.3 Å². The summed E-state index contributed by atoms with van der Waals surface area (Å²) < 4.78 is 18.8. The molecule has 4 nitrogen and oxygen atoms in total. The van der Waals surface area contributed by atoms with Crippen LogP contribution in [0.1, 0.15) is 29.5 Å². The number of hydrogen-bond acceptors (Lipinski definition) is 3. The van der Waals surface area contributed by atoms with Crippen LogP contribution < -0.4 is 0 Å². The van der Waals surface area contributed by atoms with Gasteiger partial charge in [-0.05, 0) is 38.5 Å². The summed E-state index contributed by atoms with van der Waals surface area (Å²) in [6.07, 6.45) is 0.0342. The summed E-state index contributed by atoms with van der Waals surface area (Å²) in [6, 6.07) is 4.18. The highest BCUT2D eigenvalue weighted by molar-refractivity contribution is 5.98. The van der Waals surface area contributed by atoms with Crippen molar-refractivity contribution >= 4 is 16.9 Å². The zero-order valence-corrected chi connectivity index (χ0v) is 11.8. The molecule has 1 heterocycles. The van der Waals surface area contributed by atoms with Crippen LogP contribution in [-0.2, 0) is 0 Å². The molecular formula is C15H18FNO3. The minimum absolute atomic E-state index is 0.221. The highest BCUT2D eigenvalue weighted by atomic mass is 19.1. The van der Waals surface area contributed by atoms with E-state index in [2.05, 4.69) is 0 Å². The summed E-state index contributed by atoms with van der Waals surface area (Å²) in [5.41, 5.74) is 1.13. The molecule has 0 saturated heterocycles. The maximum Gasteiger partial charge on any atom is 0.289 e. The van der Waals surface area contributed by atoms with Gasteiger partial charge in [-0.1, -0.05) is 0 Å². The first-order chi connectivity index (χ1) is 9.40. The first-order valence-corrected chi connectivity index (χ1v) is 6.52. The molecule has 108 valence electrons. The van der Waals surface area contributed by atoms with Crippen LogP contribution >= 0.6 is 0 Å². The number of aliphatic hydroxyl groups is 1. The maximum absolute atomic E-state index is 13.2. The molecule has 0 aliphatic carbocycles. The Bertz CT molecular complexity index is 633. The van der Waals surface area contributed by atoms with Gasteiger partial charge in [-0.15, -0.1) is 0 Å². The average molecular weight is 279 g/mol. The fraction of sp³-hybridized carbons (Fsp3) is 0.400. The second-order valence-corrected chi connectivity index (χ2v) is 5.06. The molecule has 1 atom stereocenters. The average Bonchev–Trinajstić information content (AvgIpc) is 2.72. The standard InChI is InChI=1S/C15H18FNO3/c1-9(18)6-7-17(3)15(19)14-10(2)12-8-11(16)4-5-13(12)20-14/h4-5,8-9,18H,6-7H2,1-3H3. The molecule has 0 bridgehead atoms. The highest BCUT2D eigenvalue weighted by Crippen LogP contribution is 2.26. The second kappa shape index (κ2) is 5.63. The van der Waals surface area contributed by atoms with E-state index < -0.39 is 6.10 Å². The molecule has 1 amide bonds. The number of furan rings is 1. The molecule has 20 heavy (non-hydrogen) atoms. The van der Waals surface area contributed by atoms with Crippen LogP contribution in [0.25, 0.3) is 11.0 Å². The molecule has 0 aliphatic heterocycles. The number of rotatable bonds is 4. The Kier molecular flexibility index (Phi) is 4.09. The number of fused-ring (bicyclic) bond motifs is 1. The van der Waals surface area contributed by atoms with E-state index in [1.54, 1.807) is 20.9 Å². The molecule has 1 unspecified atom stereocenters. The lowest BCUT2D eigenvalue weighted by Gasteiger charge is -2.16. The lowest BCUT2D eigenvalue weighted by molar-refractivity contribution is 0.0739. The van der Waals surface area contributed by atoms with Crippen molar-refractivity contribution in [1.82, 2.24) is 4.90 Å². The number of aliphatic hydroxyl groups excluding tert-OH is 1. The van der Waals surface area contributed by atoms with Crippen molar-refractivity contribution in [3.05, 3.63) is 35.3 Å². The highest BCUT2D eigenvalue weighted by Gasteiger charge is 2.21. The van der Waals surface area contributed by atoms with Gasteiger partial charge in [-0.2, -0.15) is 0 Å². The lowest BCUT2D eigenvalue weighted by atomic mass is 10.1. The van der Waals surface area contributed by atoms with Gasteiger partial charge in [-0.3, -0.25) is 4.79 Å². The summed E-state index contributed by atoms with van der Waals surface area (Å²) in [5, 5.41) is 9.86. The molecular weight excluding hydrogens is 261 g/mol. The van der Waals surface area contributed by atoms with Gasteiger partial charge in [0.2, 0.25) is 0 Å². The van der Waals surface area contributed by atoms with Crippen molar-refractivity contribution < 1.29 is 18.7 Å². The molecule has 0 fully saturated rings. The number of aryl methyl sites for hydroxylation is 1. The van der Waals surface area contributed by atoms with Crippen molar-refractivity contribution in [2.45, 2.75) is 26.4 Å². The number of carbonyl (C=O) groups excluding carboxylic acids is 1. The van der Waals surface area contributed by atoms with Gasteiger partial charge in [0.1, 0.15) is 11.4 Å². The van der Waals surface area contributed by atoms with Gasteiger partial charge >= 0.3 is 0 Å². The molecule has 0 saturated carbocycles. The summed E-state index contributed by atoms with van der Waals surface area (Å²) in [7, 11) is 1.65. The summed E-state index contributed by atoms with van der Waals surface area (Å²) in [6.45, 7) is 3.84. The fourth-order valence-electron chi connectivity index (χ4n) is 2.05. The van der Waals surface area contributed by atoms with Crippen molar-refractivity contribution in [3.8, 4) is 0 Å². The van der Waals surface area contributed by atoms with Gasteiger partial charge in [0, 0.05) is 24.5 Å². The number of halogens is 1. The monoisotopic (exact) mass is 279 g/mol. The van der Waals surface area contributed by atoms with Crippen LogP contribution in [0, 0.1) is 12.7 Å². The Labute approximate surface area is 116 Å². The maximum atomic E-state index is 13.2. The number of benzene rings is 1. The van der Waals surface area contributed by atoms with E-state index in [1.165, 1.54) is 23.1 Å². The minimum atomic E-state index is -0.462. The van der Waals surface area contributed by atoms with Crippen molar-refractivity contribution in [2.75, 3.05) is 13.6 Å². The number of hydrogen-bond donors (Lipinski definition) is 1. The van der Waals surface area contributed by atoms with Crippen LogP contribution in [-0.4, -0.2) is 35.6 Å². The SMILES string of the molecule is Cc1c(C(=O)N(C)CCC(C)O)oc2ccc(F)cc12. The Hall–Kier alpha value is -1.88. The van der Waals surface area contributed by atoms with Crippen LogP contribution in [0.4, 0.5) is 4.39 Å². The minimum Gasteiger partial charge on any atom is -0.451 e. The first-order valence-electron chi connectivity index (χ1n) is 6.52. The van der Waals surface area contributed by atoms with E-state index in [-0.39, 0.29) is 17.5 Å². The first kappa shape index (κ1) is 14.5. The third-order valence-electron chi connectivity index (χ3n) is 3.32. The molecule has 0 spiro atoms. The van der Waals surface area contributed by atoms with Crippen LogP contribution in [0.3, 0.4) is 0 Å². The van der Waals surface area contributed by atoms with Crippen molar-refractivity contribution in [1.29, 1.82) is 0 Å². The van der Waals surface area contributed by atoms with E-state index in [4.69, 9.17) is 4.42 Å². The summed E-state index contributed by atoms with van der Waals surface area (Å²) >= 11 is 0. The van der Waals surface area contributed by atoms with Gasteiger partial charge in [0.05, 0.1) is 6.10 Å². The quantitative estimate of drug-likeness (QED) is 0.936. The zero-order chi connectivity index (χ0) is 14.9. The van der Waals surface area contributed by atoms with Crippen LogP contribution in [0.15, 0.2) is 22.6 Å². The Morgan fingerprint density at radius 1 is 1.50 bits per heavy atom. The third kappa shape index (κ3) is 2.82. The van der Waals surface area contributed by atoms with Gasteiger partial charge < -0.3 is 14.4 Å². The fourth-order valence-corrected chi connectivity index (χ4v) is 2.05. The van der Waals surface area contributed by atoms with E-state index in [0.29, 0.717) is 29.5 Å². The Morgan fingerprint density at radius 3 is 2.85 bits per heavy atom. The molecule has 1 N–H and O–H groups in total. The topological polar surface area (TPSA) is 53.7 Å². The molecule has 2 aromatic rings. The lowest BCUT2D eigenvalue weighted by Crippen LogP contribution is -2.29. The predicted octanol–water partition coefficient (Wildman–Crippen LogP) is 2.72. The molecule has 5 heteroatoms. The normalized spacial score (nSPS) is 12.7. The van der Waals surface area contributed by atoms with Crippen molar-refractivity contribution in [2.24, 2.45) is 0 Å². The van der Waals surface area contributed by atoms with E-state index >= 15 is 0 Å². The Morgan fingerprint density at radius 2 is 2.20 bits per heavy atom. The van der Waals surface area contributed by atoms with Gasteiger partial charge in [0.15, 0.2) is 5.76 Å². The van der Waals surface area contributed by atoms with Crippen LogP contribution in [0.2, 0.25) is 0 Å². The number of carbonyl (C=O) groups is 1. The molecule has 1 aromatic heterocycles. The predicted molar refractivity (Wildman–Crippen MR) is 74.2 cm³/mol. The van der Waals surface area contributed by atoms with E-state index in [1.807, 2.05) is 0 Å². The molecule has 0 radical (unpaired) electrons. The molecule has 2 rings (SSSR count). The second-order valence-electron chi connectivity index (χ2n) is 5.06. The smallest absolute Gasteiger partial charge is 0.289 e. The van der Waals surface area contributed by atoms with Crippen LogP contribution in [0.5, 0.6) is 0 Å². The third-order valence-corrected chi connectivity index (χ3v) is 3.32. The Balaban J connectivity index is 2.28. The largest absolute Gasteiger partial charge is 0.451 e. The molecule has 1 aromatic carbocycles. The van der Waals surface area contributed by atoms with E-state index in [0.717, 1.165) is 0 Å².